The average molecular weight is 531 g/mol. The van der Waals surface area contributed by atoms with E-state index in [1.54, 1.807) is 42.7 Å². The van der Waals surface area contributed by atoms with Gasteiger partial charge in [0.15, 0.2) is 0 Å². The number of benzene rings is 2. The molecule has 0 radical (unpaired) electrons. The summed E-state index contributed by atoms with van der Waals surface area (Å²) in [4.78, 5) is 13.5. The quantitative estimate of drug-likeness (QED) is 0.284. The molecule has 0 saturated carbocycles. The van der Waals surface area contributed by atoms with Gasteiger partial charge in [-0.2, -0.15) is 0 Å². The average Bonchev–Trinajstić information content (AvgIpc) is 2.92. The smallest absolute Gasteiger partial charge is 0.236 e. The Morgan fingerprint density at radius 2 is 1.87 bits per heavy atom. The molecule has 1 atom stereocenters. The van der Waals surface area contributed by atoms with Gasteiger partial charge in [0, 0.05) is 30.5 Å². The van der Waals surface area contributed by atoms with Gasteiger partial charge >= 0.3 is 0 Å². The zero-order valence-corrected chi connectivity index (χ0v) is 21.9. The third-order valence-electron chi connectivity index (χ3n) is 6.29. The molecule has 1 aliphatic rings. The number of pyridine rings is 1. The summed E-state index contributed by atoms with van der Waals surface area (Å²) in [5.41, 5.74) is 3.18. The van der Waals surface area contributed by atoms with E-state index >= 15 is 0 Å². The van der Waals surface area contributed by atoms with Crippen LogP contribution in [0.2, 0.25) is 0 Å². The van der Waals surface area contributed by atoms with E-state index in [2.05, 4.69) is 25.3 Å². The molecule has 2 aromatic heterocycles. The fourth-order valence-corrected chi connectivity index (χ4v) is 5.60. The summed E-state index contributed by atoms with van der Waals surface area (Å²) in [5.74, 6) is 1.29. The normalized spacial score (nSPS) is 15.6. The lowest BCUT2D eigenvalue weighted by Gasteiger charge is -2.23. The zero-order chi connectivity index (χ0) is 26.4. The van der Waals surface area contributed by atoms with E-state index in [1.165, 1.54) is 0 Å². The predicted octanol–water partition coefficient (Wildman–Crippen LogP) is 4.75. The topological polar surface area (TPSA) is 118 Å². The minimum Gasteiger partial charge on any atom is -0.438 e. The lowest BCUT2D eigenvalue weighted by atomic mass is 10.1. The van der Waals surface area contributed by atoms with Crippen molar-refractivity contribution in [2.45, 2.75) is 31.6 Å². The highest BCUT2D eigenvalue weighted by atomic mass is 32.2. The zero-order valence-electron chi connectivity index (χ0n) is 21.1. The number of hydrogen-bond acceptors (Lipinski definition) is 8. The van der Waals surface area contributed by atoms with Crippen molar-refractivity contribution in [2.75, 3.05) is 23.1 Å². The summed E-state index contributed by atoms with van der Waals surface area (Å²) in [6.45, 7) is 3.72. The van der Waals surface area contributed by atoms with E-state index in [0.29, 0.717) is 45.6 Å². The number of sulfonamides is 1. The van der Waals surface area contributed by atoms with Crippen LogP contribution in [-0.2, 0) is 15.8 Å². The fraction of sp³-hybridized carbons (Fsp3) is 0.250. The molecule has 38 heavy (non-hydrogen) atoms. The Hall–Kier alpha value is -4.02. The molecule has 0 unspecified atom stereocenters. The summed E-state index contributed by atoms with van der Waals surface area (Å²) in [5, 5.41) is 6.79. The van der Waals surface area contributed by atoms with Crippen LogP contribution >= 0.6 is 0 Å². The number of ether oxygens (including phenoxy) is 1. The molecule has 9 nitrogen and oxygen atoms in total. The van der Waals surface area contributed by atoms with Crippen molar-refractivity contribution < 1.29 is 13.2 Å². The second kappa shape index (κ2) is 11.6. The number of nitrogens with zero attached hydrogens (tertiary/aromatic N) is 3. The maximum atomic E-state index is 12.8. The number of anilines is 2. The van der Waals surface area contributed by atoms with Gasteiger partial charge in [-0.3, -0.25) is 4.72 Å². The number of aromatic nitrogens is 3. The molecular formula is C28H30N6O3S. The van der Waals surface area contributed by atoms with Crippen LogP contribution in [0.4, 0.5) is 11.6 Å². The Morgan fingerprint density at radius 3 is 2.68 bits per heavy atom. The molecule has 3 heterocycles. The molecular weight excluding hydrogens is 500 g/mol. The van der Waals surface area contributed by atoms with Crippen molar-refractivity contribution in [3.8, 4) is 22.9 Å². The molecule has 2 aromatic carbocycles. The van der Waals surface area contributed by atoms with E-state index in [-0.39, 0.29) is 11.8 Å². The highest BCUT2D eigenvalue weighted by Crippen LogP contribution is 2.34. The van der Waals surface area contributed by atoms with Crippen molar-refractivity contribution in [3.05, 3.63) is 90.3 Å². The first-order chi connectivity index (χ1) is 18.5. The first-order valence-electron chi connectivity index (χ1n) is 12.5. The third kappa shape index (κ3) is 6.45. The van der Waals surface area contributed by atoms with Gasteiger partial charge in [-0.25, -0.2) is 23.4 Å². The standard InChI is InChI=1S/C28H30N6O3S/c1-20-24(34-38(35,36)19-21-8-3-2-4-9-21)12-5-13-26(20)37-27-23(11-7-16-30-27)25-14-17-31-28(33-25)32-22-10-6-15-29-18-22/h2-5,7-9,11-14,16-17,22,29,34H,6,10,15,18-19H2,1H3,(H,31,32,33)/t22-/m0/s1. The second-order valence-corrected chi connectivity index (χ2v) is 10.9. The lowest BCUT2D eigenvalue weighted by molar-refractivity contribution is 0.461. The molecule has 0 spiro atoms. The highest BCUT2D eigenvalue weighted by molar-refractivity contribution is 7.91. The van der Waals surface area contributed by atoms with Gasteiger partial charge in [0.25, 0.3) is 0 Å². The van der Waals surface area contributed by atoms with Gasteiger partial charge in [-0.1, -0.05) is 36.4 Å². The van der Waals surface area contributed by atoms with Gasteiger partial charge in [-0.15, -0.1) is 0 Å². The highest BCUT2D eigenvalue weighted by Gasteiger charge is 2.18. The minimum absolute atomic E-state index is 0.121. The van der Waals surface area contributed by atoms with Crippen LogP contribution in [0.15, 0.2) is 79.1 Å². The molecule has 0 amide bonds. The third-order valence-corrected chi connectivity index (χ3v) is 7.53. The van der Waals surface area contributed by atoms with Gasteiger partial charge < -0.3 is 15.4 Å². The van der Waals surface area contributed by atoms with Gasteiger partial charge in [-0.05, 0) is 62.2 Å². The van der Waals surface area contributed by atoms with Crippen LogP contribution in [0.1, 0.15) is 24.0 Å². The summed E-state index contributed by atoms with van der Waals surface area (Å²) in [6.07, 6.45) is 5.53. The molecule has 4 aromatic rings. The van der Waals surface area contributed by atoms with Gasteiger partial charge in [0.05, 0.1) is 22.7 Å². The summed E-state index contributed by atoms with van der Waals surface area (Å²) < 4.78 is 34.5. The van der Waals surface area contributed by atoms with Gasteiger partial charge in [0.2, 0.25) is 21.9 Å². The Balaban J connectivity index is 1.36. The molecule has 1 aliphatic heterocycles. The van der Waals surface area contributed by atoms with Crippen molar-refractivity contribution in [2.24, 2.45) is 0 Å². The minimum atomic E-state index is -3.62. The molecule has 3 N–H and O–H groups in total. The van der Waals surface area contributed by atoms with E-state index in [1.807, 2.05) is 43.3 Å². The van der Waals surface area contributed by atoms with Crippen LogP contribution in [-0.4, -0.2) is 42.5 Å². The lowest BCUT2D eigenvalue weighted by Crippen LogP contribution is -2.38. The number of rotatable bonds is 9. The monoisotopic (exact) mass is 530 g/mol. The number of hydrogen-bond donors (Lipinski definition) is 3. The first-order valence-corrected chi connectivity index (χ1v) is 14.2. The van der Waals surface area contributed by atoms with Crippen LogP contribution in [0.25, 0.3) is 11.3 Å². The molecule has 0 aliphatic carbocycles. The van der Waals surface area contributed by atoms with E-state index in [0.717, 1.165) is 25.9 Å². The summed E-state index contributed by atoms with van der Waals surface area (Å²) in [6, 6.07) is 20.1. The van der Waals surface area contributed by atoms with Gasteiger partial charge in [0.1, 0.15) is 5.75 Å². The van der Waals surface area contributed by atoms with Crippen LogP contribution < -0.4 is 20.1 Å². The van der Waals surface area contributed by atoms with E-state index < -0.39 is 10.0 Å². The largest absolute Gasteiger partial charge is 0.438 e. The van der Waals surface area contributed by atoms with Crippen LogP contribution in [0.3, 0.4) is 0 Å². The molecule has 10 heteroatoms. The summed E-state index contributed by atoms with van der Waals surface area (Å²) in [7, 11) is -3.62. The number of nitrogens with one attached hydrogen (secondary N) is 3. The van der Waals surface area contributed by atoms with E-state index in [9.17, 15) is 8.42 Å². The Morgan fingerprint density at radius 1 is 1.00 bits per heavy atom. The molecule has 1 saturated heterocycles. The number of piperidine rings is 1. The fourth-order valence-electron chi connectivity index (χ4n) is 4.34. The van der Waals surface area contributed by atoms with Crippen molar-refractivity contribution in [3.63, 3.8) is 0 Å². The predicted molar refractivity (Wildman–Crippen MR) is 149 cm³/mol. The Bertz CT molecular complexity index is 1490. The van der Waals surface area contributed by atoms with Crippen molar-refractivity contribution in [1.29, 1.82) is 0 Å². The Kier molecular flexibility index (Phi) is 7.81. The SMILES string of the molecule is Cc1c(NS(=O)(=O)Cc2ccccc2)cccc1Oc1ncccc1-c1ccnc(N[C@H]2CCCNC2)n1. The van der Waals surface area contributed by atoms with E-state index in [4.69, 9.17) is 9.72 Å². The van der Waals surface area contributed by atoms with Crippen molar-refractivity contribution in [1.82, 2.24) is 20.3 Å². The van der Waals surface area contributed by atoms with Crippen molar-refractivity contribution >= 4 is 21.7 Å². The summed E-state index contributed by atoms with van der Waals surface area (Å²) >= 11 is 0. The maximum Gasteiger partial charge on any atom is 0.236 e. The molecule has 0 bridgehead atoms. The van der Waals surface area contributed by atoms with Crippen LogP contribution in [0, 0.1) is 6.92 Å². The molecule has 1 fully saturated rings. The maximum absolute atomic E-state index is 12.8. The Labute approximate surface area is 222 Å². The molecule has 5 rings (SSSR count). The second-order valence-electron chi connectivity index (χ2n) is 9.19. The first kappa shape index (κ1) is 25.6. The van der Waals surface area contributed by atoms with Crippen LogP contribution in [0.5, 0.6) is 11.6 Å². The molecule has 196 valence electrons.